The third-order valence-electron chi connectivity index (χ3n) is 6.55. The van der Waals surface area contributed by atoms with Crippen LogP contribution in [-0.2, 0) is 0 Å². The van der Waals surface area contributed by atoms with Crippen LogP contribution in [0, 0.1) is 18.6 Å². The highest BCUT2D eigenvalue weighted by molar-refractivity contribution is 6.01. The van der Waals surface area contributed by atoms with Gasteiger partial charge in [0.1, 0.15) is 28.6 Å². The largest absolute Gasteiger partial charge is 0.477 e. The maximum Gasteiger partial charge on any atom is 0.341 e. The lowest BCUT2D eigenvalue weighted by atomic mass is 9.89. The normalized spacial score (nSPS) is 14.2. The topological polar surface area (TPSA) is 99.8 Å². The van der Waals surface area contributed by atoms with Gasteiger partial charge in [0.2, 0.25) is 0 Å². The molecule has 0 unspecified atom stereocenters. The molecule has 0 radical (unpaired) electrons. The number of aryl methyl sites for hydroxylation is 1. The Bertz CT molecular complexity index is 1460. The van der Waals surface area contributed by atoms with E-state index in [9.17, 15) is 23.5 Å². The second-order valence-corrected chi connectivity index (χ2v) is 8.82. The molecule has 0 aliphatic carbocycles. The van der Waals surface area contributed by atoms with Gasteiger partial charge in [0.15, 0.2) is 5.65 Å². The minimum atomic E-state index is -1.19. The highest BCUT2D eigenvalue weighted by Crippen LogP contribution is 2.31. The van der Waals surface area contributed by atoms with Crippen LogP contribution in [0.5, 0.6) is 0 Å². The van der Waals surface area contributed by atoms with E-state index in [0.29, 0.717) is 24.3 Å². The zero-order valence-corrected chi connectivity index (χ0v) is 19.4. The summed E-state index contributed by atoms with van der Waals surface area (Å²) in [5.74, 6) is -1.69. The molecule has 5 rings (SSSR count). The zero-order valence-electron chi connectivity index (χ0n) is 19.4. The Morgan fingerprint density at radius 1 is 1.00 bits per heavy atom. The van der Waals surface area contributed by atoms with Crippen LogP contribution in [0.4, 0.5) is 20.3 Å². The molecule has 8 nitrogen and oxygen atoms in total. The van der Waals surface area contributed by atoms with E-state index in [1.807, 2.05) is 0 Å². The molecule has 10 heteroatoms. The van der Waals surface area contributed by atoms with E-state index in [1.54, 1.807) is 30.0 Å². The Morgan fingerprint density at radius 3 is 2.36 bits per heavy atom. The van der Waals surface area contributed by atoms with Gasteiger partial charge in [0.25, 0.3) is 5.91 Å². The SMILES string of the molecule is Cc1cc(F)ccc1Nc1c(C(=O)N2CCC(c3ccc(F)cc3)CC2)cnc2c(C(=O)O)cnn12. The van der Waals surface area contributed by atoms with Gasteiger partial charge in [0.05, 0.1) is 6.20 Å². The van der Waals surface area contributed by atoms with Crippen LogP contribution in [0.2, 0.25) is 0 Å². The molecule has 0 bridgehead atoms. The van der Waals surface area contributed by atoms with E-state index in [1.165, 1.54) is 41.2 Å². The number of aromatic carboxylic acids is 1. The molecule has 1 aliphatic rings. The Kier molecular flexibility index (Phi) is 6.09. The number of carboxylic acid groups (broad SMARTS) is 1. The third-order valence-corrected chi connectivity index (χ3v) is 6.55. The maximum absolute atomic E-state index is 13.7. The van der Waals surface area contributed by atoms with Crippen LogP contribution in [0.25, 0.3) is 5.65 Å². The molecule has 1 aliphatic heterocycles. The highest BCUT2D eigenvalue weighted by Gasteiger charge is 2.28. The fourth-order valence-electron chi connectivity index (χ4n) is 4.57. The third kappa shape index (κ3) is 4.37. The fraction of sp³-hybridized carbons (Fsp3) is 0.231. The number of carbonyl (C=O) groups is 2. The number of carboxylic acids is 1. The zero-order chi connectivity index (χ0) is 25.4. The summed E-state index contributed by atoms with van der Waals surface area (Å²) in [6, 6.07) is 10.6. The lowest BCUT2D eigenvalue weighted by molar-refractivity contribution is 0.0695. The van der Waals surface area contributed by atoms with Crippen LogP contribution in [0.1, 0.15) is 50.6 Å². The second kappa shape index (κ2) is 9.37. The van der Waals surface area contributed by atoms with Crippen molar-refractivity contribution < 1.29 is 23.5 Å². The molecule has 2 N–H and O–H groups in total. The number of carbonyl (C=O) groups excluding carboxylic acids is 1. The van der Waals surface area contributed by atoms with Gasteiger partial charge in [-0.2, -0.15) is 9.61 Å². The van der Waals surface area contributed by atoms with Gasteiger partial charge in [0, 0.05) is 25.0 Å². The summed E-state index contributed by atoms with van der Waals surface area (Å²) in [5, 5.41) is 16.8. The summed E-state index contributed by atoms with van der Waals surface area (Å²) in [5.41, 5.74) is 2.37. The molecule has 1 amide bonds. The van der Waals surface area contributed by atoms with E-state index in [-0.39, 0.29) is 40.2 Å². The van der Waals surface area contributed by atoms with Gasteiger partial charge in [-0.05, 0) is 67.1 Å². The smallest absolute Gasteiger partial charge is 0.341 e. The van der Waals surface area contributed by atoms with Crippen molar-refractivity contribution in [1.82, 2.24) is 19.5 Å². The predicted molar refractivity (Wildman–Crippen MR) is 129 cm³/mol. The number of piperidine rings is 1. The highest BCUT2D eigenvalue weighted by atomic mass is 19.1. The summed E-state index contributed by atoms with van der Waals surface area (Å²) in [6.07, 6.45) is 3.96. The summed E-state index contributed by atoms with van der Waals surface area (Å²) >= 11 is 0. The van der Waals surface area contributed by atoms with Crippen molar-refractivity contribution in [3.63, 3.8) is 0 Å². The number of amides is 1. The van der Waals surface area contributed by atoms with E-state index in [4.69, 9.17) is 0 Å². The lowest BCUT2D eigenvalue weighted by Gasteiger charge is -2.32. The van der Waals surface area contributed by atoms with Crippen molar-refractivity contribution >= 4 is 29.0 Å². The van der Waals surface area contributed by atoms with Crippen molar-refractivity contribution in [1.29, 1.82) is 0 Å². The Labute approximate surface area is 205 Å². The molecule has 0 saturated carbocycles. The minimum Gasteiger partial charge on any atom is -0.477 e. The average Bonchev–Trinajstić information content (AvgIpc) is 3.31. The van der Waals surface area contributed by atoms with E-state index in [2.05, 4.69) is 15.4 Å². The monoisotopic (exact) mass is 491 g/mol. The van der Waals surface area contributed by atoms with Gasteiger partial charge in [-0.15, -0.1) is 0 Å². The Hall–Kier alpha value is -4.34. The molecule has 1 fully saturated rings. The first-order valence-corrected chi connectivity index (χ1v) is 11.5. The molecule has 184 valence electrons. The molecule has 4 aromatic rings. The van der Waals surface area contributed by atoms with Crippen molar-refractivity contribution in [3.8, 4) is 0 Å². The summed E-state index contributed by atoms with van der Waals surface area (Å²) in [7, 11) is 0. The lowest BCUT2D eigenvalue weighted by Crippen LogP contribution is -2.38. The Morgan fingerprint density at radius 2 is 1.69 bits per heavy atom. The molecule has 2 aromatic carbocycles. The van der Waals surface area contributed by atoms with Gasteiger partial charge in [-0.25, -0.2) is 18.6 Å². The van der Waals surface area contributed by atoms with Gasteiger partial charge < -0.3 is 15.3 Å². The molecule has 3 heterocycles. The molecule has 0 spiro atoms. The predicted octanol–water partition coefficient (Wildman–Crippen LogP) is 4.78. The van der Waals surface area contributed by atoms with Gasteiger partial charge >= 0.3 is 5.97 Å². The van der Waals surface area contributed by atoms with Crippen molar-refractivity contribution in [2.24, 2.45) is 0 Å². The quantitative estimate of drug-likeness (QED) is 0.417. The maximum atomic E-state index is 13.7. The standard InChI is InChI=1S/C26H23F2N5O3/c1-15-12-19(28)6-7-22(15)31-24-20(13-29-23-21(26(35)36)14-30-33(23)24)25(34)32-10-8-17(9-11-32)16-2-4-18(27)5-3-16/h2-7,12-14,17,31H,8-11H2,1H3,(H,35,36). The number of likely N-dealkylation sites (tertiary alicyclic amines) is 1. The molecule has 1 saturated heterocycles. The summed E-state index contributed by atoms with van der Waals surface area (Å²) in [6.45, 7) is 2.71. The number of hydrogen-bond acceptors (Lipinski definition) is 5. The first kappa shape index (κ1) is 23.4. The van der Waals surface area contributed by atoms with Crippen molar-refractivity contribution in [3.05, 3.63) is 88.7 Å². The fourth-order valence-corrected chi connectivity index (χ4v) is 4.57. The number of fused-ring (bicyclic) bond motifs is 1. The van der Waals surface area contributed by atoms with Crippen LogP contribution in [0.15, 0.2) is 54.9 Å². The van der Waals surface area contributed by atoms with Gasteiger partial charge in [-0.1, -0.05) is 12.1 Å². The number of rotatable bonds is 5. The van der Waals surface area contributed by atoms with E-state index < -0.39 is 11.8 Å². The Balaban J connectivity index is 1.47. The summed E-state index contributed by atoms with van der Waals surface area (Å²) < 4.78 is 28.2. The van der Waals surface area contributed by atoms with E-state index >= 15 is 0 Å². The first-order chi connectivity index (χ1) is 17.3. The summed E-state index contributed by atoms with van der Waals surface area (Å²) in [4.78, 5) is 31.2. The minimum absolute atomic E-state index is 0.0799. The number of aromatic nitrogens is 3. The number of anilines is 2. The molecule has 36 heavy (non-hydrogen) atoms. The number of nitrogens with one attached hydrogen (secondary N) is 1. The number of nitrogens with zero attached hydrogens (tertiary/aromatic N) is 4. The molecule has 0 atom stereocenters. The average molecular weight is 491 g/mol. The first-order valence-electron chi connectivity index (χ1n) is 11.5. The number of hydrogen-bond donors (Lipinski definition) is 2. The van der Waals surface area contributed by atoms with Crippen LogP contribution in [-0.4, -0.2) is 49.6 Å². The van der Waals surface area contributed by atoms with Crippen molar-refractivity contribution in [2.75, 3.05) is 18.4 Å². The number of halogens is 2. The number of benzene rings is 2. The molecular weight excluding hydrogens is 468 g/mol. The second-order valence-electron chi connectivity index (χ2n) is 8.82. The van der Waals surface area contributed by atoms with Crippen molar-refractivity contribution in [2.45, 2.75) is 25.7 Å². The van der Waals surface area contributed by atoms with E-state index in [0.717, 1.165) is 18.4 Å². The van der Waals surface area contributed by atoms with Gasteiger partial charge in [-0.3, -0.25) is 4.79 Å². The van der Waals surface area contributed by atoms with Crippen LogP contribution < -0.4 is 5.32 Å². The van der Waals surface area contributed by atoms with Crippen LogP contribution >= 0.6 is 0 Å². The molecule has 2 aromatic heterocycles. The van der Waals surface area contributed by atoms with Crippen LogP contribution in [0.3, 0.4) is 0 Å². The molecular formula is C26H23F2N5O3.